The summed E-state index contributed by atoms with van der Waals surface area (Å²) in [5.74, 6) is -0.481. The summed E-state index contributed by atoms with van der Waals surface area (Å²) >= 11 is 6.45. The van der Waals surface area contributed by atoms with Crippen LogP contribution >= 0.6 is 11.6 Å². The summed E-state index contributed by atoms with van der Waals surface area (Å²) in [7, 11) is -3.72. The molecule has 2 unspecified atom stereocenters. The lowest BCUT2D eigenvalue weighted by molar-refractivity contribution is -0.133. The van der Waals surface area contributed by atoms with Crippen molar-refractivity contribution in [3.05, 3.63) is 58.9 Å². The molecule has 0 radical (unpaired) electrons. The molecule has 3 aliphatic heterocycles. The van der Waals surface area contributed by atoms with Gasteiger partial charge in [0.1, 0.15) is 5.82 Å². The van der Waals surface area contributed by atoms with E-state index in [0.29, 0.717) is 37.5 Å². The standard InChI is InChI=1S/C31H40ClFN4O4S/c1-21-4-7-28(20-30(21)32)37(31(39)23-12-16-35(17-13-23)22(2)38)15-3-14-36-26-8-9-27(36)19-25(18-26)34-42(40,41)29-10-5-24(33)6-11-29/h4-7,10-11,20,23,25-27,34H,3,8-9,12-19H2,1-2H3. The van der Waals surface area contributed by atoms with Crippen molar-refractivity contribution in [3.63, 3.8) is 0 Å². The van der Waals surface area contributed by atoms with Crippen LogP contribution in [0.5, 0.6) is 0 Å². The van der Waals surface area contributed by atoms with E-state index in [1.54, 1.807) is 11.8 Å². The second-order valence-corrected chi connectivity index (χ2v) is 14.0. The van der Waals surface area contributed by atoms with E-state index in [4.69, 9.17) is 11.6 Å². The van der Waals surface area contributed by atoms with Crippen molar-refractivity contribution < 1.29 is 22.4 Å². The maximum absolute atomic E-state index is 13.8. The first-order valence-electron chi connectivity index (χ1n) is 14.9. The summed E-state index contributed by atoms with van der Waals surface area (Å²) in [6.07, 6.45) is 5.57. The Morgan fingerprint density at radius 2 is 1.67 bits per heavy atom. The van der Waals surface area contributed by atoms with E-state index in [9.17, 15) is 22.4 Å². The number of hydrogen-bond acceptors (Lipinski definition) is 5. The van der Waals surface area contributed by atoms with Crippen molar-refractivity contribution in [1.29, 1.82) is 0 Å². The summed E-state index contributed by atoms with van der Waals surface area (Å²) < 4.78 is 41.9. The first kappa shape index (κ1) is 30.9. The molecule has 2 aromatic carbocycles. The van der Waals surface area contributed by atoms with Crippen LogP contribution in [0.4, 0.5) is 10.1 Å². The van der Waals surface area contributed by atoms with Crippen LogP contribution < -0.4 is 9.62 Å². The summed E-state index contributed by atoms with van der Waals surface area (Å²) in [5.41, 5.74) is 1.75. The van der Waals surface area contributed by atoms with Crippen LogP contribution in [0.3, 0.4) is 0 Å². The molecule has 228 valence electrons. The van der Waals surface area contributed by atoms with Gasteiger partial charge in [0.2, 0.25) is 21.8 Å². The van der Waals surface area contributed by atoms with Gasteiger partial charge in [-0.1, -0.05) is 17.7 Å². The second kappa shape index (κ2) is 13.0. The molecule has 0 spiro atoms. The quantitative estimate of drug-likeness (QED) is 0.438. The number of anilines is 1. The predicted octanol–water partition coefficient (Wildman–Crippen LogP) is 4.74. The fraction of sp³-hybridized carbons (Fsp3) is 0.548. The molecule has 3 saturated heterocycles. The summed E-state index contributed by atoms with van der Waals surface area (Å²) in [6, 6.07) is 11.1. The summed E-state index contributed by atoms with van der Waals surface area (Å²) in [6.45, 7) is 6.07. The first-order chi connectivity index (χ1) is 20.0. The van der Waals surface area contributed by atoms with Crippen molar-refractivity contribution in [1.82, 2.24) is 14.5 Å². The number of likely N-dealkylation sites (tertiary alicyclic amines) is 1. The van der Waals surface area contributed by atoms with Crippen molar-refractivity contribution in [3.8, 4) is 0 Å². The van der Waals surface area contributed by atoms with Gasteiger partial charge in [-0.2, -0.15) is 0 Å². The molecule has 3 aliphatic rings. The highest BCUT2D eigenvalue weighted by atomic mass is 35.5. The fourth-order valence-electron chi connectivity index (χ4n) is 6.83. The number of nitrogens with zero attached hydrogens (tertiary/aromatic N) is 3. The minimum Gasteiger partial charge on any atom is -0.343 e. The molecule has 8 nitrogen and oxygen atoms in total. The van der Waals surface area contributed by atoms with Gasteiger partial charge in [-0.05, 0) is 93.8 Å². The van der Waals surface area contributed by atoms with Crippen LogP contribution in [-0.4, -0.2) is 74.3 Å². The summed E-state index contributed by atoms with van der Waals surface area (Å²) in [4.78, 5) is 31.8. The van der Waals surface area contributed by atoms with E-state index in [0.717, 1.165) is 62.0 Å². The second-order valence-electron chi connectivity index (χ2n) is 11.9. The Hall–Kier alpha value is -2.53. The number of nitrogens with one attached hydrogen (secondary N) is 1. The van der Waals surface area contributed by atoms with Crippen LogP contribution in [0, 0.1) is 18.7 Å². The number of benzene rings is 2. The predicted molar refractivity (Wildman–Crippen MR) is 161 cm³/mol. The van der Waals surface area contributed by atoms with Crippen LogP contribution in [-0.2, 0) is 19.6 Å². The normalized spacial score (nSPS) is 23.2. The number of piperidine rings is 2. The summed E-state index contributed by atoms with van der Waals surface area (Å²) in [5, 5.41) is 0.625. The average molecular weight is 619 g/mol. The van der Waals surface area contributed by atoms with Gasteiger partial charge >= 0.3 is 0 Å². The maximum Gasteiger partial charge on any atom is 0.240 e. The third-order valence-corrected chi connectivity index (χ3v) is 11.1. The maximum atomic E-state index is 13.8. The lowest BCUT2D eigenvalue weighted by atomic mass is 9.94. The molecule has 2 bridgehead atoms. The number of sulfonamides is 1. The van der Waals surface area contributed by atoms with Crippen molar-refractivity contribution in [2.24, 2.45) is 5.92 Å². The van der Waals surface area contributed by atoms with Gasteiger partial charge in [-0.15, -0.1) is 0 Å². The highest BCUT2D eigenvalue weighted by Gasteiger charge is 2.41. The minimum absolute atomic E-state index is 0.0460. The lowest BCUT2D eigenvalue weighted by Crippen LogP contribution is -2.51. The Balaban J connectivity index is 1.20. The molecule has 2 atom stereocenters. The minimum atomic E-state index is -3.72. The van der Waals surface area contributed by atoms with Crippen molar-refractivity contribution in [2.45, 2.75) is 81.8 Å². The molecule has 5 rings (SSSR count). The molecule has 42 heavy (non-hydrogen) atoms. The Labute approximate surface area is 253 Å². The number of fused-ring (bicyclic) bond motifs is 2. The van der Waals surface area contributed by atoms with Gasteiger partial charge in [0.05, 0.1) is 4.90 Å². The highest BCUT2D eigenvalue weighted by molar-refractivity contribution is 7.89. The molecule has 0 aliphatic carbocycles. The van der Waals surface area contributed by atoms with Gasteiger partial charge in [0.15, 0.2) is 0 Å². The molecule has 0 saturated carbocycles. The zero-order valence-electron chi connectivity index (χ0n) is 24.3. The van der Waals surface area contributed by atoms with Gasteiger partial charge in [0, 0.05) is 67.9 Å². The van der Waals surface area contributed by atoms with E-state index in [2.05, 4.69) is 9.62 Å². The Bertz CT molecular complexity index is 1380. The number of amides is 2. The van der Waals surface area contributed by atoms with E-state index in [-0.39, 0.29) is 40.8 Å². The van der Waals surface area contributed by atoms with Gasteiger partial charge in [0.25, 0.3) is 0 Å². The van der Waals surface area contributed by atoms with Gasteiger partial charge < -0.3 is 9.80 Å². The number of carbonyl (C=O) groups excluding carboxylic acids is 2. The zero-order valence-corrected chi connectivity index (χ0v) is 25.8. The fourth-order valence-corrected chi connectivity index (χ4v) is 8.26. The molecular formula is C31H40ClFN4O4S. The monoisotopic (exact) mass is 618 g/mol. The topological polar surface area (TPSA) is 90.0 Å². The van der Waals surface area contributed by atoms with Crippen LogP contribution in [0.15, 0.2) is 47.4 Å². The average Bonchev–Trinajstić information content (AvgIpc) is 3.19. The molecule has 11 heteroatoms. The van der Waals surface area contributed by atoms with Crippen LogP contribution in [0.25, 0.3) is 0 Å². The molecule has 3 heterocycles. The van der Waals surface area contributed by atoms with E-state index < -0.39 is 15.8 Å². The third-order valence-electron chi connectivity index (χ3n) is 9.15. The van der Waals surface area contributed by atoms with Gasteiger partial charge in [-0.25, -0.2) is 17.5 Å². The highest BCUT2D eigenvalue weighted by Crippen LogP contribution is 2.36. The SMILES string of the molecule is CC(=O)N1CCC(C(=O)N(CCCN2C3CCC2CC(NS(=O)(=O)c2ccc(F)cc2)C3)c2ccc(C)c(Cl)c2)CC1. The van der Waals surface area contributed by atoms with Gasteiger partial charge in [-0.3, -0.25) is 14.5 Å². The molecule has 0 aromatic heterocycles. The third kappa shape index (κ3) is 6.98. The Morgan fingerprint density at radius 3 is 2.26 bits per heavy atom. The molecule has 3 fully saturated rings. The lowest BCUT2D eigenvalue weighted by Gasteiger charge is -2.39. The smallest absolute Gasteiger partial charge is 0.240 e. The van der Waals surface area contributed by atoms with Crippen LogP contribution in [0.1, 0.15) is 57.4 Å². The van der Waals surface area contributed by atoms with E-state index in [1.165, 1.54) is 12.1 Å². The zero-order chi connectivity index (χ0) is 30.0. The van der Waals surface area contributed by atoms with Crippen molar-refractivity contribution >= 4 is 39.1 Å². The number of hydrogen-bond donors (Lipinski definition) is 1. The molecule has 2 amide bonds. The van der Waals surface area contributed by atoms with E-state index in [1.807, 2.05) is 30.0 Å². The molecule has 1 N–H and O–H groups in total. The van der Waals surface area contributed by atoms with Crippen molar-refractivity contribution in [2.75, 3.05) is 31.1 Å². The van der Waals surface area contributed by atoms with Crippen LogP contribution in [0.2, 0.25) is 5.02 Å². The van der Waals surface area contributed by atoms with E-state index >= 15 is 0 Å². The molecule has 2 aromatic rings. The largest absolute Gasteiger partial charge is 0.343 e. The number of carbonyl (C=O) groups is 2. The number of rotatable bonds is 9. The first-order valence-corrected chi connectivity index (χ1v) is 16.7. The Morgan fingerprint density at radius 1 is 1.02 bits per heavy atom. The number of aryl methyl sites for hydroxylation is 1. The molecular weight excluding hydrogens is 579 g/mol. The number of halogens is 2. The Kier molecular flexibility index (Phi) is 9.56.